The molecule has 0 unspecified atom stereocenters. The summed E-state index contributed by atoms with van der Waals surface area (Å²) in [5.74, 6) is 1.65. The zero-order valence-corrected chi connectivity index (χ0v) is 13.3. The molecule has 0 bridgehead atoms. The van der Waals surface area contributed by atoms with Crippen LogP contribution in [-0.4, -0.2) is 38.0 Å². The Morgan fingerprint density at radius 3 is 2.55 bits per heavy atom. The Morgan fingerprint density at radius 2 is 1.95 bits per heavy atom. The molecule has 0 saturated heterocycles. The second-order valence-corrected chi connectivity index (χ2v) is 5.47. The first-order chi connectivity index (χ1) is 9.63. The third kappa shape index (κ3) is 3.54. The minimum Gasteiger partial charge on any atom is -0.493 e. The van der Waals surface area contributed by atoms with Crippen molar-refractivity contribution in [1.29, 1.82) is 0 Å². The van der Waals surface area contributed by atoms with Crippen LogP contribution in [0.25, 0.3) is 0 Å². The van der Waals surface area contributed by atoms with Crippen molar-refractivity contribution in [3.8, 4) is 11.5 Å². The molecule has 1 aliphatic heterocycles. The molecule has 0 spiro atoms. The van der Waals surface area contributed by atoms with E-state index in [1.54, 1.807) is 20.3 Å². The van der Waals surface area contributed by atoms with Gasteiger partial charge in [-0.15, -0.1) is 0 Å². The van der Waals surface area contributed by atoms with E-state index in [9.17, 15) is 4.79 Å². The molecule has 0 saturated carbocycles. The monoisotopic (exact) mass is 339 g/mol. The lowest BCUT2D eigenvalue weighted by Gasteiger charge is -2.23. The van der Waals surface area contributed by atoms with Gasteiger partial charge >= 0.3 is 0 Å². The molecule has 1 heterocycles. The van der Waals surface area contributed by atoms with Crippen molar-refractivity contribution in [2.75, 3.05) is 27.3 Å². The number of benzene rings is 1. The number of hydrogen-bond acceptors (Lipinski definition) is 4. The van der Waals surface area contributed by atoms with Crippen molar-refractivity contribution in [3.63, 3.8) is 0 Å². The van der Waals surface area contributed by atoms with Crippen LogP contribution in [0.1, 0.15) is 12.0 Å². The first kappa shape index (κ1) is 14.9. The molecule has 5 heteroatoms. The van der Waals surface area contributed by atoms with Gasteiger partial charge in [0.15, 0.2) is 17.3 Å². The molecule has 20 heavy (non-hydrogen) atoms. The largest absolute Gasteiger partial charge is 0.493 e. The molecule has 4 nitrogen and oxygen atoms in total. The van der Waals surface area contributed by atoms with Crippen molar-refractivity contribution < 1.29 is 14.3 Å². The Bertz CT molecular complexity index is 528. The summed E-state index contributed by atoms with van der Waals surface area (Å²) in [5.41, 5.74) is 1.16. The molecule has 2 rings (SSSR count). The molecule has 0 radical (unpaired) electrons. The lowest BCUT2D eigenvalue weighted by Crippen LogP contribution is -2.26. The maximum Gasteiger partial charge on any atom is 0.161 e. The quantitative estimate of drug-likeness (QED) is 0.826. The van der Waals surface area contributed by atoms with Crippen LogP contribution in [0.2, 0.25) is 0 Å². The molecule has 1 aromatic carbocycles. The first-order valence-electron chi connectivity index (χ1n) is 6.49. The van der Waals surface area contributed by atoms with E-state index in [0.29, 0.717) is 12.2 Å². The fraction of sp³-hybridized carbons (Fsp3) is 0.400. The Balaban J connectivity index is 2.06. The van der Waals surface area contributed by atoms with Crippen LogP contribution < -0.4 is 9.47 Å². The zero-order chi connectivity index (χ0) is 14.5. The fourth-order valence-electron chi connectivity index (χ4n) is 2.14. The molecule has 0 N–H and O–H groups in total. The fourth-order valence-corrected chi connectivity index (χ4v) is 2.66. The number of allylic oxidation sites excluding steroid dienone is 1. The number of halogens is 1. The average molecular weight is 340 g/mol. The van der Waals surface area contributed by atoms with Gasteiger partial charge in [-0.3, -0.25) is 4.79 Å². The van der Waals surface area contributed by atoms with Crippen molar-refractivity contribution in [2.24, 2.45) is 0 Å². The number of ketones is 1. The van der Waals surface area contributed by atoms with Gasteiger partial charge in [-0.2, -0.15) is 0 Å². The average Bonchev–Trinajstić information content (AvgIpc) is 2.47. The second kappa shape index (κ2) is 6.79. The van der Waals surface area contributed by atoms with Crippen molar-refractivity contribution >= 4 is 21.7 Å². The van der Waals surface area contributed by atoms with Gasteiger partial charge in [0.05, 0.1) is 14.2 Å². The van der Waals surface area contributed by atoms with Gasteiger partial charge in [-0.1, -0.05) is 15.9 Å². The van der Waals surface area contributed by atoms with Gasteiger partial charge < -0.3 is 14.4 Å². The Labute approximate surface area is 127 Å². The predicted octanol–water partition coefficient (Wildman–Crippen LogP) is 2.80. The maximum atomic E-state index is 11.1. The second-order valence-electron chi connectivity index (χ2n) is 4.62. The van der Waals surface area contributed by atoms with Crippen LogP contribution in [0.5, 0.6) is 11.5 Å². The van der Waals surface area contributed by atoms with Crippen LogP contribution in [0, 0.1) is 0 Å². The van der Waals surface area contributed by atoms with E-state index < -0.39 is 0 Å². The van der Waals surface area contributed by atoms with E-state index in [-0.39, 0.29) is 5.78 Å². The summed E-state index contributed by atoms with van der Waals surface area (Å²) in [5, 5.41) is 0. The van der Waals surface area contributed by atoms with E-state index in [2.05, 4.69) is 20.8 Å². The Kier molecular flexibility index (Phi) is 5.06. The van der Waals surface area contributed by atoms with Gasteiger partial charge in [0.2, 0.25) is 0 Å². The molecule has 108 valence electrons. The van der Waals surface area contributed by atoms with Gasteiger partial charge in [0.25, 0.3) is 0 Å². The van der Waals surface area contributed by atoms with Gasteiger partial charge in [-0.05, 0) is 30.2 Å². The van der Waals surface area contributed by atoms with Crippen LogP contribution >= 0.6 is 15.9 Å². The highest BCUT2D eigenvalue weighted by Crippen LogP contribution is 2.33. The highest BCUT2D eigenvalue weighted by Gasteiger charge is 2.12. The van der Waals surface area contributed by atoms with E-state index in [1.165, 1.54) is 0 Å². The number of carbonyl (C=O) groups excluding carboxylic acids is 1. The number of nitrogens with zero attached hydrogens (tertiary/aromatic N) is 1. The Morgan fingerprint density at radius 1 is 1.25 bits per heavy atom. The van der Waals surface area contributed by atoms with E-state index in [1.807, 2.05) is 18.3 Å². The van der Waals surface area contributed by atoms with Crippen LogP contribution in [-0.2, 0) is 11.2 Å². The summed E-state index contributed by atoms with van der Waals surface area (Å²) in [6.07, 6.45) is 5.00. The predicted molar refractivity (Wildman–Crippen MR) is 81.3 cm³/mol. The van der Waals surface area contributed by atoms with Crippen LogP contribution in [0.3, 0.4) is 0 Å². The summed E-state index contributed by atoms with van der Waals surface area (Å²) in [6, 6.07) is 3.91. The summed E-state index contributed by atoms with van der Waals surface area (Å²) < 4.78 is 11.6. The molecule has 0 amide bonds. The summed E-state index contributed by atoms with van der Waals surface area (Å²) >= 11 is 3.56. The Hall–Kier alpha value is -1.49. The van der Waals surface area contributed by atoms with Gasteiger partial charge in [0.1, 0.15) is 0 Å². The summed E-state index contributed by atoms with van der Waals surface area (Å²) in [6.45, 7) is 1.66. The maximum absolute atomic E-state index is 11.1. The van der Waals surface area contributed by atoms with Gasteiger partial charge in [-0.25, -0.2) is 0 Å². The molecular formula is C15H18BrNO3. The molecular weight excluding hydrogens is 322 g/mol. The summed E-state index contributed by atoms with van der Waals surface area (Å²) in [4.78, 5) is 13.3. The molecule has 0 aromatic heterocycles. The number of methoxy groups -OCH3 is 2. The normalized spacial score (nSPS) is 14.6. The van der Waals surface area contributed by atoms with Crippen molar-refractivity contribution in [2.45, 2.75) is 12.8 Å². The van der Waals surface area contributed by atoms with Crippen LogP contribution in [0.15, 0.2) is 28.9 Å². The number of hydrogen-bond donors (Lipinski definition) is 0. The van der Waals surface area contributed by atoms with Gasteiger partial charge in [0, 0.05) is 30.2 Å². The van der Waals surface area contributed by atoms with E-state index >= 15 is 0 Å². The molecule has 1 aliphatic rings. The van der Waals surface area contributed by atoms with Crippen molar-refractivity contribution in [3.05, 3.63) is 34.4 Å². The molecule has 1 aromatic rings. The number of carbonyl (C=O) groups is 1. The van der Waals surface area contributed by atoms with E-state index in [0.717, 1.165) is 35.3 Å². The summed E-state index contributed by atoms with van der Waals surface area (Å²) in [7, 11) is 3.26. The highest BCUT2D eigenvalue weighted by molar-refractivity contribution is 9.10. The van der Waals surface area contributed by atoms with E-state index in [4.69, 9.17) is 9.47 Å². The SMILES string of the molecule is COc1cc(Br)c(CCN2C=CC(=O)CC2)cc1OC. The third-order valence-electron chi connectivity index (χ3n) is 3.34. The minimum atomic E-state index is 0.202. The number of ether oxygens (including phenoxy) is 2. The van der Waals surface area contributed by atoms with Crippen molar-refractivity contribution in [1.82, 2.24) is 4.90 Å². The highest BCUT2D eigenvalue weighted by atomic mass is 79.9. The van der Waals surface area contributed by atoms with Crippen LogP contribution in [0.4, 0.5) is 0 Å². The lowest BCUT2D eigenvalue weighted by molar-refractivity contribution is -0.115. The molecule has 0 atom stereocenters. The number of rotatable bonds is 5. The smallest absolute Gasteiger partial charge is 0.161 e. The lowest BCUT2D eigenvalue weighted by atomic mass is 10.1. The standard InChI is InChI=1S/C15H18BrNO3/c1-19-14-9-11(13(16)10-15(14)20-2)3-6-17-7-4-12(18)5-8-17/h4,7,9-10H,3,5-6,8H2,1-2H3. The topological polar surface area (TPSA) is 38.8 Å². The molecule has 0 fully saturated rings. The minimum absolute atomic E-state index is 0.202. The zero-order valence-electron chi connectivity index (χ0n) is 11.7. The molecule has 0 aliphatic carbocycles. The third-order valence-corrected chi connectivity index (χ3v) is 4.08. The first-order valence-corrected chi connectivity index (χ1v) is 7.29.